The maximum Gasteiger partial charge on any atom is 0.510 e. The van der Waals surface area contributed by atoms with Gasteiger partial charge < -0.3 is 33.8 Å². The minimum absolute atomic E-state index is 0.0132. The quantitative estimate of drug-likeness (QED) is 0.145. The van der Waals surface area contributed by atoms with Gasteiger partial charge in [-0.2, -0.15) is 4.98 Å². The van der Waals surface area contributed by atoms with E-state index in [-0.39, 0.29) is 42.9 Å². The molecule has 13 nitrogen and oxygen atoms in total. The molecule has 0 saturated heterocycles. The summed E-state index contributed by atoms with van der Waals surface area (Å²) < 4.78 is 47.2. The fourth-order valence-electron chi connectivity index (χ4n) is 2.85. The molecule has 36 heavy (non-hydrogen) atoms. The standard InChI is InChI=1S/C21H27FN5O8P/c1-13(2)35-21(29)32-11-34-36(33-9-14-4-5-16(30-3)15(22)8-14)12-31-7-6-27-10-24-17-18(27)25-20(23)26-19(17)28/h4-5,8,10,13H,6-7,9,11-12H2,1-3H3,(H3,23,25,26,28). The molecule has 2 heterocycles. The number of nitrogen functional groups attached to an aromatic ring is 1. The van der Waals surface area contributed by atoms with E-state index in [0.29, 0.717) is 17.8 Å². The zero-order chi connectivity index (χ0) is 26.1. The zero-order valence-corrected chi connectivity index (χ0v) is 20.8. The highest BCUT2D eigenvalue weighted by Gasteiger charge is 2.16. The van der Waals surface area contributed by atoms with Crippen molar-refractivity contribution >= 4 is 31.6 Å². The van der Waals surface area contributed by atoms with Crippen LogP contribution in [0.2, 0.25) is 0 Å². The van der Waals surface area contributed by atoms with Crippen LogP contribution in [0, 0.1) is 5.82 Å². The lowest BCUT2D eigenvalue weighted by atomic mass is 10.2. The number of carbonyl (C=O) groups is 1. The molecule has 0 spiro atoms. The van der Waals surface area contributed by atoms with Gasteiger partial charge in [-0.05, 0) is 31.5 Å². The van der Waals surface area contributed by atoms with E-state index in [2.05, 4.69) is 15.0 Å². The Kier molecular flexibility index (Phi) is 9.94. The highest BCUT2D eigenvalue weighted by molar-refractivity contribution is 7.46. The molecule has 0 aliphatic rings. The number of rotatable bonds is 13. The Bertz CT molecular complexity index is 1220. The third-order valence-corrected chi connectivity index (χ3v) is 5.67. The van der Waals surface area contributed by atoms with E-state index in [4.69, 9.17) is 33.7 Å². The molecule has 1 atom stereocenters. The Morgan fingerprint density at radius 1 is 1.31 bits per heavy atom. The predicted molar refractivity (Wildman–Crippen MR) is 127 cm³/mol. The smallest absolute Gasteiger partial charge is 0.494 e. The van der Waals surface area contributed by atoms with Crippen molar-refractivity contribution in [2.75, 3.05) is 32.6 Å². The largest absolute Gasteiger partial charge is 0.510 e. The monoisotopic (exact) mass is 527 g/mol. The average Bonchev–Trinajstić information content (AvgIpc) is 3.22. The van der Waals surface area contributed by atoms with Gasteiger partial charge in [0.1, 0.15) is 6.35 Å². The summed E-state index contributed by atoms with van der Waals surface area (Å²) >= 11 is 0. The van der Waals surface area contributed by atoms with Gasteiger partial charge in [0, 0.05) is 6.54 Å². The molecule has 0 radical (unpaired) electrons. The number of aromatic nitrogens is 4. The van der Waals surface area contributed by atoms with Gasteiger partial charge in [-0.15, -0.1) is 0 Å². The first-order valence-electron chi connectivity index (χ1n) is 10.7. The molecule has 3 N–H and O–H groups in total. The number of imidazole rings is 1. The summed E-state index contributed by atoms with van der Waals surface area (Å²) in [6.45, 7) is 3.47. The number of hydrogen-bond acceptors (Lipinski definition) is 11. The van der Waals surface area contributed by atoms with Gasteiger partial charge in [-0.25, -0.2) is 14.2 Å². The van der Waals surface area contributed by atoms with Crippen LogP contribution in [0.25, 0.3) is 11.2 Å². The van der Waals surface area contributed by atoms with Crippen molar-refractivity contribution < 1.29 is 37.2 Å². The van der Waals surface area contributed by atoms with Crippen LogP contribution in [0.15, 0.2) is 29.3 Å². The second kappa shape index (κ2) is 13.1. The van der Waals surface area contributed by atoms with Gasteiger partial charge in [0.2, 0.25) is 21.1 Å². The summed E-state index contributed by atoms with van der Waals surface area (Å²) in [6, 6.07) is 4.42. The molecule has 0 fully saturated rings. The van der Waals surface area contributed by atoms with Crippen molar-refractivity contribution in [3.63, 3.8) is 0 Å². The van der Waals surface area contributed by atoms with E-state index in [1.165, 1.54) is 25.6 Å². The summed E-state index contributed by atoms with van der Waals surface area (Å²) in [7, 11) is -0.320. The van der Waals surface area contributed by atoms with Gasteiger partial charge in [0.25, 0.3) is 5.56 Å². The lowest BCUT2D eigenvalue weighted by Crippen LogP contribution is -2.15. The molecule has 3 aromatic rings. The highest BCUT2D eigenvalue weighted by atomic mass is 31.2. The second-order valence-corrected chi connectivity index (χ2v) is 8.92. The Balaban J connectivity index is 1.55. The van der Waals surface area contributed by atoms with Crippen molar-refractivity contribution in [1.82, 2.24) is 19.5 Å². The summed E-state index contributed by atoms with van der Waals surface area (Å²) in [5.41, 5.74) is 6.20. The van der Waals surface area contributed by atoms with Gasteiger partial charge in [0.15, 0.2) is 22.7 Å². The van der Waals surface area contributed by atoms with E-state index >= 15 is 0 Å². The number of anilines is 1. The number of ether oxygens (including phenoxy) is 4. The number of nitrogens with two attached hydrogens (primary N) is 1. The third kappa shape index (κ3) is 7.85. The third-order valence-electron chi connectivity index (χ3n) is 4.46. The van der Waals surface area contributed by atoms with Gasteiger partial charge in [0.05, 0.1) is 32.8 Å². The van der Waals surface area contributed by atoms with E-state index in [0.717, 1.165) is 0 Å². The number of aromatic amines is 1. The van der Waals surface area contributed by atoms with Crippen LogP contribution < -0.4 is 16.0 Å². The van der Waals surface area contributed by atoms with Crippen molar-refractivity contribution in [3.8, 4) is 5.75 Å². The molecular formula is C21H27FN5O8P. The Morgan fingerprint density at radius 3 is 2.83 bits per heavy atom. The molecule has 0 aliphatic carbocycles. The number of halogens is 1. The number of methoxy groups -OCH3 is 1. The van der Waals surface area contributed by atoms with Crippen molar-refractivity contribution in [1.29, 1.82) is 0 Å². The maximum atomic E-state index is 14.0. The van der Waals surface area contributed by atoms with Crippen LogP contribution in [0.5, 0.6) is 5.75 Å². The first-order valence-corrected chi connectivity index (χ1v) is 12.1. The number of nitrogens with one attached hydrogen (secondary N) is 1. The molecule has 1 unspecified atom stereocenters. The van der Waals surface area contributed by atoms with Crippen molar-refractivity contribution in [3.05, 3.63) is 46.3 Å². The summed E-state index contributed by atoms with van der Waals surface area (Å²) in [5, 5.41) is 0. The van der Waals surface area contributed by atoms with Crippen molar-refractivity contribution in [2.45, 2.75) is 33.1 Å². The molecule has 3 rings (SSSR count). The topological polar surface area (TPSA) is 162 Å². The fourth-order valence-corrected chi connectivity index (χ4v) is 3.82. The predicted octanol–water partition coefficient (Wildman–Crippen LogP) is 2.89. The van der Waals surface area contributed by atoms with E-state index < -0.39 is 32.7 Å². The molecule has 0 bridgehead atoms. The van der Waals surface area contributed by atoms with E-state index in [1.807, 2.05) is 0 Å². The second-order valence-electron chi connectivity index (χ2n) is 7.48. The van der Waals surface area contributed by atoms with E-state index in [9.17, 15) is 14.0 Å². The molecule has 2 aromatic heterocycles. The van der Waals surface area contributed by atoms with Crippen LogP contribution in [0.3, 0.4) is 0 Å². The maximum absolute atomic E-state index is 14.0. The number of carbonyl (C=O) groups excluding carboxylic acids is 1. The highest BCUT2D eigenvalue weighted by Crippen LogP contribution is 2.39. The molecule has 0 saturated carbocycles. The zero-order valence-electron chi connectivity index (χ0n) is 19.9. The fraction of sp³-hybridized carbons (Fsp3) is 0.429. The molecule has 196 valence electrons. The number of benzene rings is 1. The summed E-state index contributed by atoms with van der Waals surface area (Å²) in [6.07, 6.45) is 0.243. The lowest BCUT2D eigenvalue weighted by molar-refractivity contribution is -0.0113. The number of H-pyrrole nitrogens is 1. The van der Waals surface area contributed by atoms with Crippen LogP contribution >= 0.6 is 8.38 Å². The molecule has 0 aliphatic heterocycles. The number of nitrogens with zero attached hydrogens (tertiary/aromatic N) is 3. The van der Waals surface area contributed by atoms with E-state index in [1.54, 1.807) is 24.5 Å². The minimum atomic E-state index is -1.69. The van der Waals surface area contributed by atoms with Crippen LogP contribution in [-0.2, 0) is 36.4 Å². The Morgan fingerprint density at radius 2 is 2.11 bits per heavy atom. The first kappa shape index (κ1) is 27.3. The molecule has 15 heteroatoms. The lowest BCUT2D eigenvalue weighted by Gasteiger charge is -2.18. The Labute approximate surface area is 206 Å². The Hall–Kier alpha value is -3.32. The minimum Gasteiger partial charge on any atom is -0.494 e. The van der Waals surface area contributed by atoms with Crippen LogP contribution in [0.4, 0.5) is 15.1 Å². The summed E-state index contributed by atoms with van der Waals surface area (Å²) in [5.74, 6) is -0.435. The van der Waals surface area contributed by atoms with Crippen LogP contribution in [-0.4, -0.2) is 58.6 Å². The normalized spacial score (nSPS) is 12.1. The average molecular weight is 527 g/mol. The molecule has 1 aromatic carbocycles. The first-order chi connectivity index (χ1) is 17.3. The summed E-state index contributed by atoms with van der Waals surface area (Å²) in [4.78, 5) is 34.0. The molecule has 0 amide bonds. The van der Waals surface area contributed by atoms with Crippen LogP contribution in [0.1, 0.15) is 19.4 Å². The number of hydrogen-bond donors (Lipinski definition) is 2. The number of fused-ring (bicyclic) bond motifs is 1. The molecular weight excluding hydrogens is 500 g/mol. The van der Waals surface area contributed by atoms with Gasteiger partial charge in [-0.1, -0.05) is 6.07 Å². The van der Waals surface area contributed by atoms with Gasteiger partial charge >= 0.3 is 6.16 Å². The SMILES string of the molecule is COc1ccc(COP(COCCn2cnc3c(=O)[nH]c(N)nc32)OCOC(=O)OC(C)C)cc1F. The van der Waals surface area contributed by atoms with Gasteiger partial charge in [-0.3, -0.25) is 14.3 Å². The van der Waals surface area contributed by atoms with Crippen molar-refractivity contribution in [2.24, 2.45) is 0 Å².